The highest BCUT2D eigenvalue weighted by Gasteiger charge is 2.30. The topological polar surface area (TPSA) is 37.3 Å². The maximum absolute atomic E-state index is 12.7. The highest BCUT2D eigenvalue weighted by Crippen LogP contribution is 2.32. The van der Waals surface area contributed by atoms with Crippen LogP contribution in [0.3, 0.4) is 0 Å². The highest BCUT2D eigenvalue weighted by molar-refractivity contribution is 7.98. The van der Waals surface area contributed by atoms with Crippen molar-refractivity contribution in [2.75, 3.05) is 0 Å². The van der Waals surface area contributed by atoms with Gasteiger partial charge in [-0.1, -0.05) is 12.1 Å². The van der Waals surface area contributed by atoms with Crippen LogP contribution in [0.2, 0.25) is 0 Å². The molecular formula is C16H13F3O2S. The average molecular weight is 326 g/mol. The van der Waals surface area contributed by atoms with Gasteiger partial charge in [-0.15, -0.1) is 11.8 Å². The van der Waals surface area contributed by atoms with Gasteiger partial charge in [0.05, 0.1) is 11.1 Å². The predicted octanol–water partition coefficient (Wildman–Crippen LogP) is 5.00. The number of hydrogen-bond acceptors (Lipinski definition) is 2. The number of rotatable bonds is 4. The Bertz CT molecular complexity index is 696. The van der Waals surface area contributed by atoms with Gasteiger partial charge in [-0.2, -0.15) is 13.2 Å². The number of carboxylic acid groups (broad SMARTS) is 1. The second kappa shape index (κ2) is 6.44. The van der Waals surface area contributed by atoms with Crippen LogP contribution in [0.25, 0.3) is 0 Å². The molecule has 0 bridgehead atoms. The number of hydrogen-bond donors (Lipinski definition) is 1. The number of thioether (sulfide) groups is 1. The van der Waals surface area contributed by atoms with Crippen LogP contribution in [0, 0.1) is 6.92 Å². The lowest BCUT2D eigenvalue weighted by atomic mass is 10.1. The first-order valence-electron chi connectivity index (χ1n) is 6.40. The van der Waals surface area contributed by atoms with Crippen molar-refractivity contribution in [3.8, 4) is 0 Å². The van der Waals surface area contributed by atoms with Crippen LogP contribution >= 0.6 is 11.8 Å². The van der Waals surface area contributed by atoms with Gasteiger partial charge >= 0.3 is 12.1 Å². The van der Waals surface area contributed by atoms with Gasteiger partial charge < -0.3 is 5.11 Å². The van der Waals surface area contributed by atoms with Gasteiger partial charge in [0.2, 0.25) is 0 Å². The van der Waals surface area contributed by atoms with E-state index in [1.807, 2.05) is 0 Å². The lowest BCUT2D eigenvalue weighted by molar-refractivity contribution is -0.137. The third-order valence-electron chi connectivity index (χ3n) is 3.15. The summed E-state index contributed by atoms with van der Waals surface area (Å²) in [5.74, 6) is -0.684. The summed E-state index contributed by atoms with van der Waals surface area (Å²) in [5, 5.41) is 8.93. The number of aryl methyl sites for hydroxylation is 1. The second-order valence-electron chi connectivity index (χ2n) is 4.76. The zero-order valence-corrected chi connectivity index (χ0v) is 12.5. The van der Waals surface area contributed by atoms with Crippen LogP contribution in [0.15, 0.2) is 47.4 Å². The standard InChI is InChI=1S/C16H13F3O2S/c1-10-5-6-13(16(17,18)19)7-12(10)9-22-14-4-2-3-11(8-14)15(20)21/h2-8H,9H2,1H3,(H,20,21). The molecule has 0 aliphatic heterocycles. The monoisotopic (exact) mass is 326 g/mol. The number of halogens is 3. The largest absolute Gasteiger partial charge is 0.478 e. The first-order valence-corrected chi connectivity index (χ1v) is 7.39. The molecule has 2 aromatic rings. The van der Waals surface area contributed by atoms with E-state index in [2.05, 4.69) is 0 Å². The minimum absolute atomic E-state index is 0.158. The van der Waals surface area contributed by atoms with Crippen LogP contribution in [0.4, 0.5) is 13.2 Å². The second-order valence-corrected chi connectivity index (χ2v) is 5.81. The van der Waals surface area contributed by atoms with E-state index in [1.54, 1.807) is 19.1 Å². The molecule has 2 rings (SSSR count). The van der Waals surface area contributed by atoms with Crippen molar-refractivity contribution in [3.05, 3.63) is 64.7 Å². The maximum atomic E-state index is 12.7. The van der Waals surface area contributed by atoms with Crippen molar-refractivity contribution in [2.45, 2.75) is 23.7 Å². The third-order valence-corrected chi connectivity index (χ3v) is 4.19. The van der Waals surface area contributed by atoms with Crippen molar-refractivity contribution in [1.29, 1.82) is 0 Å². The zero-order valence-electron chi connectivity index (χ0n) is 11.6. The molecule has 0 aliphatic carbocycles. The molecule has 0 unspecified atom stereocenters. The Kier molecular flexibility index (Phi) is 4.81. The molecule has 0 saturated heterocycles. The summed E-state index contributed by atoms with van der Waals surface area (Å²) < 4.78 is 38.2. The number of aromatic carboxylic acids is 1. The summed E-state index contributed by atoms with van der Waals surface area (Å²) in [7, 11) is 0. The van der Waals surface area contributed by atoms with Gasteiger partial charge in [0.25, 0.3) is 0 Å². The van der Waals surface area contributed by atoms with Crippen LogP contribution in [-0.4, -0.2) is 11.1 Å². The molecule has 2 nitrogen and oxygen atoms in total. The van der Waals surface area contributed by atoms with Crippen molar-refractivity contribution in [1.82, 2.24) is 0 Å². The van der Waals surface area contributed by atoms with Crippen LogP contribution in [0.5, 0.6) is 0 Å². The number of carboxylic acids is 1. The predicted molar refractivity (Wildman–Crippen MR) is 79.1 cm³/mol. The Morgan fingerprint density at radius 2 is 1.91 bits per heavy atom. The first kappa shape index (κ1) is 16.4. The molecule has 0 amide bonds. The molecule has 0 saturated carbocycles. The van der Waals surface area contributed by atoms with E-state index in [-0.39, 0.29) is 5.56 Å². The fourth-order valence-corrected chi connectivity index (χ4v) is 2.90. The van der Waals surface area contributed by atoms with Gasteiger partial charge in [-0.25, -0.2) is 4.79 Å². The number of carbonyl (C=O) groups is 1. The van der Waals surface area contributed by atoms with E-state index in [9.17, 15) is 18.0 Å². The van der Waals surface area contributed by atoms with Crippen molar-refractivity contribution < 1.29 is 23.1 Å². The van der Waals surface area contributed by atoms with E-state index < -0.39 is 17.7 Å². The maximum Gasteiger partial charge on any atom is 0.416 e. The zero-order chi connectivity index (χ0) is 16.3. The smallest absolute Gasteiger partial charge is 0.416 e. The van der Waals surface area contributed by atoms with Gasteiger partial charge in [0, 0.05) is 10.6 Å². The fourth-order valence-electron chi connectivity index (χ4n) is 1.88. The van der Waals surface area contributed by atoms with Crippen LogP contribution in [0.1, 0.15) is 27.0 Å². The number of alkyl halides is 3. The van der Waals surface area contributed by atoms with Crippen molar-refractivity contribution >= 4 is 17.7 Å². The van der Waals surface area contributed by atoms with Gasteiger partial charge in [-0.3, -0.25) is 0 Å². The molecule has 0 atom stereocenters. The lowest BCUT2D eigenvalue weighted by Gasteiger charge is -2.11. The summed E-state index contributed by atoms with van der Waals surface area (Å²) in [6, 6.07) is 9.99. The minimum atomic E-state index is -4.36. The Labute approximate surface area is 130 Å². The van der Waals surface area contributed by atoms with Crippen molar-refractivity contribution in [3.63, 3.8) is 0 Å². The van der Waals surface area contributed by atoms with E-state index in [0.29, 0.717) is 16.2 Å². The van der Waals surface area contributed by atoms with Crippen molar-refractivity contribution in [2.24, 2.45) is 0 Å². The SMILES string of the molecule is Cc1ccc(C(F)(F)F)cc1CSc1cccc(C(=O)O)c1. The summed E-state index contributed by atoms with van der Waals surface area (Å²) in [4.78, 5) is 11.6. The summed E-state index contributed by atoms with van der Waals surface area (Å²) in [5.41, 5.74) is 0.842. The van der Waals surface area contributed by atoms with Gasteiger partial charge in [-0.05, 0) is 48.4 Å². The van der Waals surface area contributed by atoms with E-state index >= 15 is 0 Å². The highest BCUT2D eigenvalue weighted by atomic mass is 32.2. The Morgan fingerprint density at radius 3 is 2.55 bits per heavy atom. The van der Waals surface area contributed by atoms with Crippen LogP contribution in [-0.2, 0) is 11.9 Å². The molecule has 0 heterocycles. The van der Waals surface area contributed by atoms with Crippen LogP contribution < -0.4 is 0 Å². The van der Waals surface area contributed by atoms with E-state index in [0.717, 1.165) is 17.7 Å². The summed E-state index contributed by atoms with van der Waals surface area (Å²) >= 11 is 1.31. The molecule has 2 aromatic carbocycles. The van der Waals surface area contributed by atoms with Gasteiger partial charge in [0.1, 0.15) is 0 Å². The van der Waals surface area contributed by atoms with E-state index in [4.69, 9.17) is 5.11 Å². The normalized spacial score (nSPS) is 11.5. The Balaban J connectivity index is 2.18. The molecule has 116 valence electrons. The Hall–Kier alpha value is -1.95. The van der Waals surface area contributed by atoms with E-state index in [1.165, 1.54) is 30.0 Å². The number of benzene rings is 2. The molecule has 22 heavy (non-hydrogen) atoms. The molecule has 0 aliphatic rings. The lowest BCUT2D eigenvalue weighted by Crippen LogP contribution is -2.05. The molecule has 0 fully saturated rings. The average Bonchev–Trinajstić information content (AvgIpc) is 2.45. The third kappa shape index (κ3) is 4.04. The molecule has 0 aromatic heterocycles. The molecule has 0 radical (unpaired) electrons. The molecular weight excluding hydrogens is 313 g/mol. The molecule has 0 spiro atoms. The Morgan fingerprint density at radius 1 is 1.18 bits per heavy atom. The minimum Gasteiger partial charge on any atom is -0.478 e. The summed E-state index contributed by atoms with van der Waals surface area (Å²) in [6.07, 6.45) is -4.36. The van der Waals surface area contributed by atoms with Gasteiger partial charge in [0.15, 0.2) is 0 Å². The fraction of sp³-hybridized carbons (Fsp3) is 0.188. The quantitative estimate of drug-likeness (QED) is 0.803. The molecule has 1 N–H and O–H groups in total. The summed E-state index contributed by atoms with van der Waals surface area (Å²) in [6.45, 7) is 1.75. The molecule has 6 heteroatoms. The first-order chi connectivity index (χ1) is 10.3.